The number of hydrogen-bond donors (Lipinski definition) is 2. The van der Waals surface area contributed by atoms with Crippen LogP contribution in [0.4, 0.5) is 0 Å². The van der Waals surface area contributed by atoms with Gasteiger partial charge in [-0.25, -0.2) is 4.52 Å². The molecule has 2 aromatic heterocycles. The largest absolute Gasteiger partial charge is 0.344 e. The van der Waals surface area contributed by atoms with Gasteiger partial charge in [0.15, 0.2) is 0 Å². The van der Waals surface area contributed by atoms with Gasteiger partial charge in [0.2, 0.25) is 0 Å². The van der Waals surface area contributed by atoms with Crippen LogP contribution >= 0.6 is 0 Å². The van der Waals surface area contributed by atoms with Crippen molar-refractivity contribution in [3.05, 3.63) is 38.5 Å². The zero-order chi connectivity index (χ0) is 8.72. The minimum atomic E-state index is -0.283. The molecule has 0 aliphatic carbocycles. The second-order valence-electron chi connectivity index (χ2n) is 2.63. The first-order chi connectivity index (χ1) is 5.66. The molecule has 62 valence electrons. The van der Waals surface area contributed by atoms with E-state index in [-0.39, 0.29) is 11.1 Å². The van der Waals surface area contributed by atoms with E-state index < -0.39 is 0 Å². The molecule has 5 nitrogen and oxygen atoms in total. The summed E-state index contributed by atoms with van der Waals surface area (Å²) in [5, 5.41) is 2.37. The molecule has 0 bridgehead atoms. The van der Waals surface area contributed by atoms with E-state index in [1.54, 1.807) is 6.92 Å². The van der Waals surface area contributed by atoms with Crippen molar-refractivity contribution in [2.45, 2.75) is 6.92 Å². The summed E-state index contributed by atoms with van der Waals surface area (Å²) in [6.07, 6.45) is 0. The molecule has 0 spiro atoms. The minimum absolute atomic E-state index is 0.233. The van der Waals surface area contributed by atoms with Crippen LogP contribution < -0.4 is 11.1 Å². The third kappa shape index (κ3) is 0.868. The molecule has 0 aromatic carbocycles. The summed E-state index contributed by atoms with van der Waals surface area (Å²) in [6.45, 7) is 1.76. The quantitative estimate of drug-likeness (QED) is 0.558. The maximum absolute atomic E-state index is 11.2. The van der Waals surface area contributed by atoms with E-state index in [1.807, 2.05) is 0 Å². The van der Waals surface area contributed by atoms with Crippen LogP contribution in [-0.2, 0) is 0 Å². The predicted molar refractivity (Wildman–Crippen MR) is 43.4 cm³/mol. The molecule has 0 unspecified atom stereocenters. The summed E-state index contributed by atoms with van der Waals surface area (Å²) < 4.78 is 1.18. The van der Waals surface area contributed by atoms with Crippen LogP contribution in [0.3, 0.4) is 0 Å². The Morgan fingerprint density at radius 1 is 1.33 bits per heavy atom. The second-order valence-corrected chi connectivity index (χ2v) is 2.63. The minimum Gasteiger partial charge on any atom is -0.344 e. The van der Waals surface area contributed by atoms with Crippen LogP contribution in [0.5, 0.6) is 0 Å². The summed E-state index contributed by atoms with van der Waals surface area (Å²) in [7, 11) is 0. The van der Waals surface area contributed by atoms with E-state index in [2.05, 4.69) is 10.1 Å². The number of H-pyrrole nitrogens is 2. The smallest absolute Gasteiger partial charge is 0.272 e. The molecular formula is C7H7N3O2. The SMILES string of the molecule is Cc1cc(=O)n2[nH]c(=O)cc2[nH]1. The highest BCUT2D eigenvalue weighted by Crippen LogP contribution is 1.91. The Labute approximate surface area is 66.6 Å². The Morgan fingerprint density at radius 3 is 2.83 bits per heavy atom. The van der Waals surface area contributed by atoms with Crippen LogP contribution in [0.2, 0.25) is 0 Å². The van der Waals surface area contributed by atoms with Gasteiger partial charge in [-0.05, 0) is 6.92 Å². The zero-order valence-corrected chi connectivity index (χ0v) is 6.42. The molecule has 2 heterocycles. The molecule has 2 aromatic rings. The molecule has 0 saturated heterocycles. The number of aromatic nitrogens is 3. The van der Waals surface area contributed by atoms with Crippen LogP contribution in [-0.4, -0.2) is 14.6 Å². The fourth-order valence-electron chi connectivity index (χ4n) is 1.15. The van der Waals surface area contributed by atoms with Crippen LogP contribution in [0.1, 0.15) is 5.69 Å². The van der Waals surface area contributed by atoms with Crippen LogP contribution in [0.15, 0.2) is 21.7 Å². The van der Waals surface area contributed by atoms with Gasteiger partial charge in [-0.15, -0.1) is 0 Å². The van der Waals surface area contributed by atoms with Gasteiger partial charge in [0.1, 0.15) is 5.65 Å². The monoisotopic (exact) mass is 165 g/mol. The highest BCUT2D eigenvalue weighted by atomic mass is 16.1. The summed E-state index contributed by atoms with van der Waals surface area (Å²) in [5.41, 5.74) is 0.710. The Bertz CT molecular complexity index is 531. The van der Waals surface area contributed by atoms with E-state index in [0.717, 1.165) is 5.69 Å². The lowest BCUT2D eigenvalue weighted by Gasteiger charge is -1.94. The van der Waals surface area contributed by atoms with Gasteiger partial charge >= 0.3 is 0 Å². The maximum Gasteiger partial charge on any atom is 0.272 e. The number of aryl methyl sites for hydroxylation is 1. The molecule has 0 fully saturated rings. The van der Waals surface area contributed by atoms with E-state index in [0.29, 0.717) is 5.65 Å². The molecular weight excluding hydrogens is 158 g/mol. The van der Waals surface area contributed by atoms with Gasteiger partial charge in [0, 0.05) is 17.8 Å². The Balaban J connectivity index is 3.08. The van der Waals surface area contributed by atoms with Crippen molar-refractivity contribution >= 4 is 5.65 Å². The third-order valence-electron chi connectivity index (χ3n) is 1.62. The third-order valence-corrected chi connectivity index (χ3v) is 1.62. The van der Waals surface area contributed by atoms with Crippen molar-refractivity contribution < 1.29 is 0 Å². The highest BCUT2D eigenvalue weighted by molar-refractivity contribution is 5.35. The first kappa shape index (κ1) is 6.90. The zero-order valence-electron chi connectivity index (χ0n) is 6.42. The second kappa shape index (κ2) is 2.10. The van der Waals surface area contributed by atoms with E-state index >= 15 is 0 Å². The van der Waals surface area contributed by atoms with Gasteiger partial charge < -0.3 is 4.98 Å². The van der Waals surface area contributed by atoms with Gasteiger partial charge in [-0.1, -0.05) is 0 Å². The topological polar surface area (TPSA) is 70.1 Å². The standard InChI is InChI=1S/C7H7N3O2/c1-4-2-7(12)10-5(8-4)3-6(11)9-10/h2-3,8H,1H3,(H,9,11). The number of hydrogen-bond acceptors (Lipinski definition) is 2. The van der Waals surface area contributed by atoms with Crippen LogP contribution in [0.25, 0.3) is 5.65 Å². The number of nitrogens with one attached hydrogen (secondary N) is 2. The molecule has 2 rings (SSSR count). The predicted octanol–water partition coefficient (Wildman–Crippen LogP) is -0.376. The summed E-state index contributed by atoms with van der Waals surface area (Å²) in [6, 6.07) is 2.76. The van der Waals surface area contributed by atoms with E-state index in [1.165, 1.54) is 16.6 Å². The Hall–Kier alpha value is -1.78. The van der Waals surface area contributed by atoms with E-state index in [4.69, 9.17) is 0 Å². The van der Waals surface area contributed by atoms with Gasteiger partial charge in [0.25, 0.3) is 11.1 Å². The molecule has 5 heteroatoms. The van der Waals surface area contributed by atoms with Crippen molar-refractivity contribution in [2.24, 2.45) is 0 Å². The maximum atomic E-state index is 11.2. The van der Waals surface area contributed by atoms with Crippen molar-refractivity contribution in [3.63, 3.8) is 0 Å². The lowest BCUT2D eigenvalue weighted by Crippen LogP contribution is -2.15. The summed E-state index contributed by atoms with van der Waals surface area (Å²) >= 11 is 0. The first-order valence-electron chi connectivity index (χ1n) is 3.48. The van der Waals surface area contributed by atoms with Crippen molar-refractivity contribution in [1.82, 2.24) is 14.6 Å². The van der Waals surface area contributed by atoms with Crippen LogP contribution in [0, 0.1) is 6.92 Å². The number of nitrogens with zero attached hydrogens (tertiary/aromatic N) is 1. The van der Waals surface area contributed by atoms with Gasteiger partial charge in [0.05, 0.1) is 0 Å². The van der Waals surface area contributed by atoms with Crippen molar-refractivity contribution in [3.8, 4) is 0 Å². The van der Waals surface area contributed by atoms with Crippen molar-refractivity contribution in [2.75, 3.05) is 0 Å². The molecule has 2 N–H and O–H groups in total. The van der Waals surface area contributed by atoms with Crippen molar-refractivity contribution in [1.29, 1.82) is 0 Å². The molecule has 0 aliphatic rings. The fourth-order valence-corrected chi connectivity index (χ4v) is 1.15. The fraction of sp³-hybridized carbons (Fsp3) is 0.143. The Morgan fingerprint density at radius 2 is 2.08 bits per heavy atom. The van der Waals surface area contributed by atoms with Gasteiger partial charge in [-0.2, -0.15) is 0 Å². The lowest BCUT2D eigenvalue weighted by molar-refractivity contribution is 0.875. The first-order valence-corrected chi connectivity index (χ1v) is 3.48. The van der Waals surface area contributed by atoms with E-state index in [9.17, 15) is 9.59 Å². The molecule has 0 aliphatic heterocycles. The summed E-state index contributed by atoms with van der Waals surface area (Å²) in [5.74, 6) is 0. The molecule has 12 heavy (non-hydrogen) atoms. The summed E-state index contributed by atoms with van der Waals surface area (Å²) in [4.78, 5) is 24.9. The normalized spacial score (nSPS) is 10.8. The molecule has 0 atom stereocenters. The number of aromatic amines is 2. The number of rotatable bonds is 0. The highest BCUT2D eigenvalue weighted by Gasteiger charge is 1.99. The molecule has 0 saturated carbocycles. The molecule has 0 radical (unpaired) electrons. The number of fused-ring (bicyclic) bond motifs is 1. The lowest BCUT2D eigenvalue weighted by atomic mass is 10.4. The Kier molecular flexibility index (Phi) is 1.21. The average Bonchev–Trinajstić information content (AvgIpc) is 2.29. The molecule has 0 amide bonds. The average molecular weight is 165 g/mol. The van der Waals surface area contributed by atoms with Gasteiger partial charge in [-0.3, -0.25) is 14.7 Å².